The van der Waals surface area contributed by atoms with Crippen molar-refractivity contribution in [2.24, 2.45) is 0 Å². The predicted molar refractivity (Wildman–Crippen MR) is 64.2 cm³/mol. The van der Waals surface area contributed by atoms with E-state index in [0.717, 1.165) is 17.8 Å². The topological polar surface area (TPSA) is 72.0 Å². The minimum atomic E-state index is -3.09. The Kier molecular flexibility index (Phi) is 3.85. The highest BCUT2D eigenvalue weighted by molar-refractivity contribution is 7.89. The third-order valence-corrected chi connectivity index (χ3v) is 2.95. The molecule has 5 nitrogen and oxygen atoms in total. The lowest BCUT2D eigenvalue weighted by atomic mass is 10.2. The summed E-state index contributed by atoms with van der Waals surface area (Å²) in [7, 11) is -3.09. The van der Waals surface area contributed by atoms with Crippen molar-refractivity contribution in [3.63, 3.8) is 0 Å². The fourth-order valence-electron chi connectivity index (χ4n) is 1.33. The van der Waals surface area contributed by atoms with Gasteiger partial charge in [0.25, 0.3) is 0 Å². The summed E-state index contributed by atoms with van der Waals surface area (Å²) in [4.78, 5) is 8.38. The molecule has 6 heteroatoms. The number of nitrogens with zero attached hydrogens (tertiary/aromatic N) is 2. The van der Waals surface area contributed by atoms with E-state index in [2.05, 4.69) is 15.3 Å². The van der Waals surface area contributed by atoms with Gasteiger partial charge in [-0.1, -0.05) is 0 Å². The van der Waals surface area contributed by atoms with Crippen molar-refractivity contribution in [1.82, 2.24) is 9.97 Å². The molecule has 0 amide bonds. The van der Waals surface area contributed by atoms with Crippen molar-refractivity contribution in [2.45, 2.75) is 26.5 Å². The lowest BCUT2D eigenvalue weighted by Crippen LogP contribution is -2.11. The second kappa shape index (κ2) is 4.78. The fraction of sp³-hybridized carbons (Fsp3) is 0.600. The van der Waals surface area contributed by atoms with Crippen LogP contribution in [0.15, 0.2) is 0 Å². The van der Waals surface area contributed by atoms with Gasteiger partial charge in [-0.3, -0.25) is 0 Å². The third-order valence-electron chi connectivity index (χ3n) is 2.17. The van der Waals surface area contributed by atoms with Gasteiger partial charge in [0.2, 0.25) is 0 Å². The Morgan fingerprint density at radius 1 is 1.25 bits per heavy atom. The van der Waals surface area contributed by atoms with E-state index in [9.17, 15) is 8.42 Å². The largest absolute Gasteiger partial charge is 0.370 e. The van der Waals surface area contributed by atoms with Crippen LogP contribution >= 0.6 is 0 Å². The monoisotopic (exact) mass is 243 g/mol. The molecular formula is C10H17N3O2S. The number of hydrogen-bond donors (Lipinski definition) is 1. The molecule has 0 atom stereocenters. The van der Waals surface area contributed by atoms with E-state index in [0.29, 0.717) is 11.6 Å². The molecule has 1 rings (SSSR count). The van der Waals surface area contributed by atoms with Gasteiger partial charge in [0.15, 0.2) is 9.84 Å². The molecule has 0 saturated heterocycles. The first-order chi connectivity index (χ1) is 7.33. The number of sulfone groups is 1. The van der Waals surface area contributed by atoms with Crippen LogP contribution in [0.2, 0.25) is 0 Å². The number of nitrogens with one attached hydrogen (secondary N) is 1. The second-order valence-corrected chi connectivity index (χ2v) is 5.94. The number of anilines is 1. The van der Waals surface area contributed by atoms with E-state index in [1.165, 1.54) is 6.26 Å². The van der Waals surface area contributed by atoms with Crippen LogP contribution in [0.3, 0.4) is 0 Å². The highest BCUT2D eigenvalue weighted by Gasteiger charge is 2.11. The maximum absolute atomic E-state index is 11.2. The van der Waals surface area contributed by atoms with Crippen molar-refractivity contribution < 1.29 is 8.42 Å². The van der Waals surface area contributed by atoms with Gasteiger partial charge in [-0.2, -0.15) is 0 Å². The number of aromatic nitrogens is 2. The SMILES string of the molecule is CCNc1nc(CS(C)(=O)=O)nc(C)c1C. The maximum atomic E-state index is 11.2. The first kappa shape index (κ1) is 12.9. The molecule has 1 heterocycles. The molecule has 90 valence electrons. The molecule has 0 aliphatic heterocycles. The third kappa shape index (κ3) is 3.44. The van der Waals surface area contributed by atoms with Crippen molar-refractivity contribution in [2.75, 3.05) is 18.1 Å². The zero-order valence-electron chi connectivity index (χ0n) is 10.0. The molecular weight excluding hydrogens is 226 g/mol. The average molecular weight is 243 g/mol. The summed E-state index contributed by atoms with van der Waals surface area (Å²) in [6, 6.07) is 0. The Morgan fingerprint density at radius 3 is 2.38 bits per heavy atom. The Hall–Kier alpha value is -1.17. The van der Waals surface area contributed by atoms with Crippen molar-refractivity contribution >= 4 is 15.7 Å². The normalized spacial score (nSPS) is 11.5. The Morgan fingerprint density at radius 2 is 1.88 bits per heavy atom. The van der Waals surface area contributed by atoms with Crippen LogP contribution in [0.25, 0.3) is 0 Å². The standard InChI is InChI=1S/C10H17N3O2S/c1-5-11-10-7(2)8(3)12-9(13-10)6-16(4,14)15/h5-6H2,1-4H3,(H,11,12,13). The maximum Gasteiger partial charge on any atom is 0.154 e. The lowest BCUT2D eigenvalue weighted by Gasteiger charge is -2.10. The Labute approximate surface area is 96.2 Å². The molecule has 0 fully saturated rings. The summed E-state index contributed by atoms with van der Waals surface area (Å²) in [5.41, 5.74) is 1.77. The van der Waals surface area contributed by atoms with Crippen molar-refractivity contribution in [3.8, 4) is 0 Å². The smallest absolute Gasteiger partial charge is 0.154 e. The molecule has 1 N–H and O–H groups in total. The number of aryl methyl sites for hydroxylation is 1. The highest BCUT2D eigenvalue weighted by Crippen LogP contribution is 2.15. The van der Waals surface area contributed by atoms with E-state index in [4.69, 9.17) is 0 Å². The van der Waals surface area contributed by atoms with E-state index >= 15 is 0 Å². The van der Waals surface area contributed by atoms with Gasteiger partial charge in [0, 0.05) is 24.1 Å². The first-order valence-electron chi connectivity index (χ1n) is 5.09. The van der Waals surface area contributed by atoms with E-state index in [1.807, 2.05) is 20.8 Å². The van der Waals surface area contributed by atoms with Crippen LogP contribution in [-0.4, -0.2) is 31.2 Å². The van der Waals surface area contributed by atoms with Gasteiger partial charge >= 0.3 is 0 Å². The predicted octanol–water partition coefficient (Wildman–Crippen LogP) is 1.07. The molecule has 0 aliphatic carbocycles. The molecule has 0 aromatic carbocycles. The van der Waals surface area contributed by atoms with Crippen molar-refractivity contribution in [3.05, 3.63) is 17.1 Å². The summed E-state index contributed by atoms with van der Waals surface area (Å²) >= 11 is 0. The van der Waals surface area contributed by atoms with Gasteiger partial charge in [-0.25, -0.2) is 18.4 Å². The fourth-order valence-corrected chi connectivity index (χ4v) is 1.92. The molecule has 0 aliphatic rings. The molecule has 1 aromatic rings. The average Bonchev–Trinajstić information content (AvgIpc) is 2.11. The summed E-state index contributed by atoms with van der Waals surface area (Å²) in [6.07, 6.45) is 1.18. The minimum absolute atomic E-state index is 0.119. The Balaban J connectivity index is 3.13. The summed E-state index contributed by atoms with van der Waals surface area (Å²) in [5, 5.41) is 3.10. The van der Waals surface area contributed by atoms with E-state index in [-0.39, 0.29) is 5.75 Å². The summed E-state index contributed by atoms with van der Waals surface area (Å²) in [6.45, 7) is 6.48. The summed E-state index contributed by atoms with van der Waals surface area (Å²) in [5.74, 6) is 0.946. The lowest BCUT2D eigenvalue weighted by molar-refractivity contribution is 0.599. The summed E-state index contributed by atoms with van der Waals surface area (Å²) < 4.78 is 22.3. The molecule has 16 heavy (non-hydrogen) atoms. The zero-order chi connectivity index (χ0) is 12.3. The molecule has 0 saturated carbocycles. The number of hydrogen-bond acceptors (Lipinski definition) is 5. The Bertz CT molecular complexity index is 483. The van der Waals surface area contributed by atoms with Gasteiger partial charge in [0.05, 0.1) is 0 Å². The molecule has 0 radical (unpaired) electrons. The molecule has 0 unspecified atom stereocenters. The highest BCUT2D eigenvalue weighted by atomic mass is 32.2. The second-order valence-electron chi connectivity index (χ2n) is 3.80. The van der Waals surface area contributed by atoms with Gasteiger partial charge in [0.1, 0.15) is 17.4 Å². The molecule has 0 spiro atoms. The van der Waals surface area contributed by atoms with Crippen LogP contribution in [0.5, 0.6) is 0 Å². The van der Waals surface area contributed by atoms with Crippen molar-refractivity contribution in [1.29, 1.82) is 0 Å². The zero-order valence-corrected chi connectivity index (χ0v) is 10.8. The van der Waals surface area contributed by atoms with E-state index in [1.54, 1.807) is 0 Å². The molecule has 0 bridgehead atoms. The first-order valence-corrected chi connectivity index (χ1v) is 7.15. The van der Waals surface area contributed by atoms with Crippen LogP contribution < -0.4 is 5.32 Å². The minimum Gasteiger partial charge on any atom is -0.370 e. The van der Waals surface area contributed by atoms with Crippen LogP contribution in [0.1, 0.15) is 24.0 Å². The van der Waals surface area contributed by atoms with Gasteiger partial charge in [-0.15, -0.1) is 0 Å². The quantitative estimate of drug-likeness (QED) is 0.856. The van der Waals surface area contributed by atoms with Crippen LogP contribution in [-0.2, 0) is 15.6 Å². The van der Waals surface area contributed by atoms with E-state index < -0.39 is 9.84 Å². The van der Waals surface area contributed by atoms with Crippen LogP contribution in [0.4, 0.5) is 5.82 Å². The molecule has 1 aromatic heterocycles. The van der Waals surface area contributed by atoms with Gasteiger partial charge in [-0.05, 0) is 20.8 Å². The van der Waals surface area contributed by atoms with Crippen LogP contribution in [0, 0.1) is 13.8 Å². The van der Waals surface area contributed by atoms with Gasteiger partial charge < -0.3 is 5.32 Å². The number of rotatable bonds is 4.